The molecule has 2 aliphatic rings. The first kappa shape index (κ1) is 30.8. The number of rotatable bonds is 10. The quantitative estimate of drug-likeness (QED) is 0.148. The number of carbonyl (C=O) groups is 2. The maximum absolute atomic E-state index is 13.5. The van der Waals surface area contributed by atoms with Gasteiger partial charge in [0.2, 0.25) is 5.91 Å². The molecule has 11 nitrogen and oxygen atoms in total. The first-order chi connectivity index (χ1) is 20.7. The second-order valence-corrected chi connectivity index (χ2v) is 11.0. The molecule has 2 fully saturated rings. The van der Waals surface area contributed by atoms with Gasteiger partial charge in [-0.15, -0.1) is 0 Å². The van der Waals surface area contributed by atoms with Crippen LogP contribution >= 0.6 is 0 Å². The number of carbonyl (C=O) groups excluding carboxylic acids is 2. The van der Waals surface area contributed by atoms with Crippen molar-refractivity contribution in [3.05, 3.63) is 101 Å². The van der Waals surface area contributed by atoms with E-state index in [1.54, 1.807) is 17.0 Å². The van der Waals surface area contributed by atoms with Crippen LogP contribution < -0.4 is 10.8 Å². The van der Waals surface area contributed by atoms with Gasteiger partial charge in [0.1, 0.15) is 24.4 Å². The number of amides is 1. The standard InChI is InChI=1S/C32H36N2O9/c33-43-32(41)21-10-12-22(13-11-21)34-27(23(31(34)40)14-15-24(36)19-4-2-1-3-5-19)20-8-6-18(7-9-20)16-25-28(37)30(39)29(38)26(17-35)42-25/h1-13,23-30,35-39H,14-17,33H2/t23-,24+,25+,26-,27-,28+,29-,30-/m1/s1. The molecule has 0 bridgehead atoms. The molecule has 5 rings (SSSR count). The number of hydrogen-bond donors (Lipinski definition) is 6. The smallest absolute Gasteiger partial charge is 0.356 e. The number of nitrogens with zero attached hydrogens (tertiary/aromatic N) is 1. The minimum absolute atomic E-state index is 0.107. The lowest BCUT2D eigenvalue weighted by molar-refractivity contribution is -0.228. The van der Waals surface area contributed by atoms with Crippen molar-refractivity contribution in [2.75, 3.05) is 11.5 Å². The molecule has 43 heavy (non-hydrogen) atoms. The summed E-state index contributed by atoms with van der Waals surface area (Å²) in [6.07, 6.45) is -5.69. The molecule has 7 N–H and O–H groups in total. The van der Waals surface area contributed by atoms with Crippen molar-refractivity contribution in [1.29, 1.82) is 0 Å². The third kappa shape index (κ3) is 6.34. The molecule has 11 heteroatoms. The Morgan fingerprint density at radius 2 is 1.56 bits per heavy atom. The predicted molar refractivity (Wildman–Crippen MR) is 154 cm³/mol. The van der Waals surface area contributed by atoms with Crippen LogP contribution in [0.15, 0.2) is 78.9 Å². The van der Waals surface area contributed by atoms with Crippen molar-refractivity contribution in [2.45, 2.75) is 61.9 Å². The number of β-lactam (4-membered cyclic amide) rings is 1. The maximum atomic E-state index is 13.5. The van der Waals surface area contributed by atoms with E-state index in [0.29, 0.717) is 18.5 Å². The van der Waals surface area contributed by atoms with Crippen molar-refractivity contribution < 1.29 is 44.7 Å². The number of benzene rings is 3. The zero-order valence-corrected chi connectivity index (χ0v) is 23.3. The summed E-state index contributed by atoms with van der Waals surface area (Å²) in [6.45, 7) is -0.499. The predicted octanol–water partition coefficient (Wildman–Crippen LogP) is 1.32. The first-order valence-corrected chi connectivity index (χ1v) is 14.2. The van der Waals surface area contributed by atoms with Crippen LogP contribution in [0.1, 0.15) is 52.0 Å². The molecular formula is C32H36N2O9. The van der Waals surface area contributed by atoms with Crippen molar-refractivity contribution in [3.63, 3.8) is 0 Å². The highest BCUT2D eigenvalue weighted by molar-refractivity contribution is 6.03. The van der Waals surface area contributed by atoms with E-state index in [9.17, 15) is 35.1 Å². The molecule has 2 aliphatic heterocycles. The summed E-state index contributed by atoms with van der Waals surface area (Å²) >= 11 is 0. The van der Waals surface area contributed by atoms with E-state index in [4.69, 9.17) is 10.6 Å². The number of aliphatic hydroxyl groups is 5. The van der Waals surface area contributed by atoms with Crippen LogP contribution in [0.3, 0.4) is 0 Å². The third-order valence-electron chi connectivity index (χ3n) is 8.39. The molecule has 0 aliphatic carbocycles. The highest BCUT2D eigenvalue weighted by atomic mass is 16.7. The van der Waals surface area contributed by atoms with Crippen LogP contribution in [-0.2, 0) is 20.8 Å². The molecule has 3 aromatic rings. The molecule has 0 saturated carbocycles. The third-order valence-corrected chi connectivity index (χ3v) is 8.39. The lowest BCUT2D eigenvalue weighted by Crippen LogP contribution is -2.59. The van der Waals surface area contributed by atoms with Gasteiger partial charge in [0.05, 0.1) is 36.3 Å². The van der Waals surface area contributed by atoms with Gasteiger partial charge in [0.25, 0.3) is 0 Å². The van der Waals surface area contributed by atoms with E-state index in [0.717, 1.165) is 16.7 Å². The second-order valence-electron chi connectivity index (χ2n) is 11.0. The number of hydrogen-bond acceptors (Lipinski definition) is 10. The van der Waals surface area contributed by atoms with Gasteiger partial charge in [-0.2, -0.15) is 5.90 Å². The number of aliphatic hydroxyl groups excluding tert-OH is 5. The molecule has 228 valence electrons. The fourth-order valence-electron chi connectivity index (χ4n) is 5.94. The SMILES string of the molecule is NOC(=O)c1ccc(N2C(=O)[C@H](CC[C@H](O)c3ccccc3)[C@H]2c2ccc(C[C@@H]3O[C@H](CO)[C@@H](O)[C@H](O)[C@H]3O)cc2)cc1. The van der Waals surface area contributed by atoms with Gasteiger partial charge in [0, 0.05) is 12.1 Å². The van der Waals surface area contributed by atoms with Gasteiger partial charge in [0.15, 0.2) is 0 Å². The molecule has 0 spiro atoms. The van der Waals surface area contributed by atoms with Gasteiger partial charge in [-0.25, -0.2) is 4.79 Å². The topological polar surface area (TPSA) is 183 Å². The van der Waals surface area contributed by atoms with Crippen molar-refractivity contribution >= 4 is 17.6 Å². The number of anilines is 1. The Morgan fingerprint density at radius 1 is 0.907 bits per heavy atom. The minimum Gasteiger partial charge on any atom is -0.394 e. The van der Waals surface area contributed by atoms with Gasteiger partial charge < -0.3 is 40.0 Å². The monoisotopic (exact) mass is 592 g/mol. The Morgan fingerprint density at radius 3 is 2.19 bits per heavy atom. The van der Waals surface area contributed by atoms with E-state index < -0.39 is 55.1 Å². The van der Waals surface area contributed by atoms with Crippen LogP contribution in [-0.4, -0.2) is 74.5 Å². The van der Waals surface area contributed by atoms with E-state index in [2.05, 4.69) is 4.84 Å². The average Bonchev–Trinajstić information content (AvgIpc) is 3.04. The van der Waals surface area contributed by atoms with E-state index in [-0.39, 0.29) is 23.9 Å². The minimum atomic E-state index is -1.45. The molecule has 0 unspecified atom stereocenters. The Kier molecular flexibility index (Phi) is 9.52. The molecule has 2 heterocycles. The second kappa shape index (κ2) is 13.3. The normalized spacial score (nSPS) is 27.8. The fourth-order valence-corrected chi connectivity index (χ4v) is 5.94. The Hall–Kier alpha value is -3.68. The maximum Gasteiger partial charge on any atom is 0.356 e. The molecular weight excluding hydrogens is 556 g/mol. The molecule has 3 aromatic carbocycles. The average molecular weight is 593 g/mol. The van der Waals surface area contributed by atoms with Gasteiger partial charge >= 0.3 is 5.97 Å². The summed E-state index contributed by atoms with van der Waals surface area (Å²) in [4.78, 5) is 31.2. The van der Waals surface area contributed by atoms with E-state index in [1.165, 1.54) is 12.1 Å². The summed E-state index contributed by atoms with van der Waals surface area (Å²) in [6, 6.07) is 22.7. The van der Waals surface area contributed by atoms with Crippen molar-refractivity contribution in [3.8, 4) is 0 Å². The highest BCUT2D eigenvalue weighted by Crippen LogP contribution is 2.46. The van der Waals surface area contributed by atoms with E-state index >= 15 is 0 Å². The van der Waals surface area contributed by atoms with Gasteiger partial charge in [-0.1, -0.05) is 54.6 Å². The summed E-state index contributed by atoms with van der Waals surface area (Å²) in [5, 5.41) is 50.9. The summed E-state index contributed by atoms with van der Waals surface area (Å²) < 4.78 is 5.65. The number of ether oxygens (including phenoxy) is 1. The Balaban J connectivity index is 1.35. The zero-order chi connectivity index (χ0) is 30.7. The lowest BCUT2D eigenvalue weighted by atomic mass is 9.78. The Labute approximate surface area is 248 Å². The number of nitrogens with two attached hydrogens (primary N) is 1. The molecule has 2 saturated heterocycles. The Bertz CT molecular complexity index is 1380. The fraction of sp³-hybridized carbons (Fsp3) is 0.375. The summed E-state index contributed by atoms with van der Waals surface area (Å²) in [7, 11) is 0. The summed E-state index contributed by atoms with van der Waals surface area (Å²) in [5.41, 5.74) is 3.25. The zero-order valence-electron chi connectivity index (χ0n) is 23.3. The largest absolute Gasteiger partial charge is 0.394 e. The van der Waals surface area contributed by atoms with Crippen molar-refractivity contribution in [2.24, 2.45) is 11.8 Å². The highest BCUT2D eigenvalue weighted by Gasteiger charge is 2.48. The molecule has 1 amide bonds. The van der Waals surface area contributed by atoms with E-state index in [1.807, 2.05) is 54.6 Å². The molecule has 0 aromatic heterocycles. The van der Waals surface area contributed by atoms with Crippen LogP contribution in [0.5, 0.6) is 0 Å². The van der Waals surface area contributed by atoms with Crippen LogP contribution in [0.25, 0.3) is 0 Å². The van der Waals surface area contributed by atoms with Crippen LogP contribution in [0.4, 0.5) is 5.69 Å². The van der Waals surface area contributed by atoms with Crippen molar-refractivity contribution in [1.82, 2.24) is 0 Å². The van der Waals surface area contributed by atoms with Crippen LogP contribution in [0, 0.1) is 5.92 Å². The van der Waals surface area contributed by atoms with Gasteiger partial charge in [-0.05, 0) is 53.8 Å². The lowest BCUT2D eigenvalue weighted by Gasteiger charge is -2.48. The summed E-state index contributed by atoms with van der Waals surface area (Å²) in [5.74, 6) is 3.79. The van der Waals surface area contributed by atoms with Gasteiger partial charge in [-0.3, -0.25) is 4.79 Å². The van der Waals surface area contributed by atoms with Crippen LogP contribution in [0.2, 0.25) is 0 Å². The molecule has 8 atom stereocenters. The first-order valence-electron chi connectivity index (χ1n) is 14.2. The molecule has 0 radical (unpaired) electrons.